The predicted molar refractivity (Wildman–Crippen MR) is 206 cm³/mol. The van der Waals surface area contributed by atoms with Gasteiger partial charge in [0.15, 0.2) is 0 Å². The molecule has 8 aromatic carbocycles. The third-order valence-corrected chi connectivity index (χ3v) is 10.1. The molecule has 0 atom stereocenters. The van der Waals surface area contributed by atoms with Gasteiger partial charge in [-0.15, -0.1) is 0 Å². The van der Waals surface area contributed by atoms with Crippen LogP contribution in [0.15, 0.2) is 168 Å². The molecule has 2 heteroatoms. The summed E-state index contributed by atoms with van der Waals surface area (Å²) in [6, 6.07) is 38.7. The Morgan fingerprint density at radius 3 is 2.10 bits per heavy atom. The summed E-state index contributed by atoms with van der Waals surface area (Å²) >= 11 is 0. The minimum atomic E-state index is -0.483. The highest BCUT2D eigenvalue weighted by Gasteiger charge is 2.38. The van der Waals surface area contributed by atoms with E-state index >= 15 is 0 Å². The van der Waals surface area contributed by atoms with Gasteiger partial charge in [0.05, 0.1) is 9.60 Å². The van der Waals surface area contributed by atoms with Crippen molar-refractivity contribution in [3.8, 4) is 22.3 Å². The average molecular weight is 635 g/mol. The van der Waals surface area contributed by atoms with Crippen LogP contribution in [0.4, 0.5) is 17.1 Å². The molecule has 10 rings (SSSR count). The van der Waals surface area contributed by atoms with Crippen LogP contribution in [0, 0.1) is 0 Å². The minimum absolute atomic E-state index is 0.0583. The molecule has 1 heterocycles. The Kier molecular flexibility index (Phi) is 4.62. The van der Waals surface area contributed by atoms with Gasteiger partial charge >= 0.3 is 0 Å². The summed E-state index contributed by atoms with van der Waals surface area (Å²) in [4.78, 5) is 2.17. The molecule has 0 fully saturated rings. The van der Waals surface area contributed by atoms with E-state index in [0.29, 0.717) is 5.56 Å². The standard InChI is InChI=1S/C47H33NO/c1-47(2)42-27-26-40-39-24-20-32-11-8-9-15-38(32)45(39)49-46(40)44(42)41-25-23-37(29-43(41)47)48(35-13-4-3-5-14-35)36-21-18-31(19-22-36)34-17-16-30-10-6-7-12-33(30)28-34/h3-29H,1-2H3/i6D,7D,10D,12D,16D,17D,28D. The van der Waals surface area contributed by atoms with Gasteiger partial charge in [0.1, 0.15) is 11.2 Å². The second-order valence-corrected chi connectivity index (χ2v) is 13.2. The van der Waals surface area contributed by atoms with Crippen molar-refractivity contribution in [2.24, 2.45) is 0 Å². The second kappa shape index (κ2) is 10.4. The van der Waals surface area contributed by atoms with Gasteiger partial charge in [0, 0.05) is 44.2 Å². The Hall–Kier alpha value is -6.12. The highest BCUT2D eigenvalue weighted by atomic mass is 16.3. The summed E-state index contributed by atoms with van der Waals surface area (Å²) in [5.74, 6) is 0. The third-order valence-electron chi connectivity index (χ3n) is 10.1. The van der Waals surface area contributed by atoms with E-state index in [1.165, 1.54) is 11.1 Å². The van der Waals surface area contributed by atoms with E-state index in [9.17, 15) is 0 Å². The summed E-state index contributed by atoms with van der Waals surface area (Å²) in [5, 5.41) is 4.27. The smallest absolute Gasteiger partial charge is 0.143 e. The maximum atomic E-state index is 9.04. The zero-order chi connectivity index (χ0) is 38.8. The molecule has 0 amide bonds. The molecule has 0 saturated heterocycles. The number of fused-ring (bicyclic) bond motifs is 10. The van der Waals surface area contributed by atoms with Crippen LogP contribution in [-0.4, -0.2) is 0 Å². The van der Waals surface area contributed by atoms with Crippen LogP contribution in [0.3, 0.4) is 0 Å². The van der Waals surface area contributed by atoms with Crippen molar-refractivity contribution >= 4 is 60.5 Å². The Bertz CT molecular complexity index is 3130. The fraction of sp³-hybridized carbons (Fsp3) is 0.0638. The van der Waals surface area contributed by atoms with Crippen LogP contribution in [0.25, 0.3) is 65.7 Å². The summed E-state index contributed by atoms with van der Waals surface area (Å²) in [6.07, 6.45) is 0. The van der Waals surface area contributed by atoms with E-state index in [1.807, 2.05) is 54.6 Å². The molecule has 0 aliphatic heterocycles. The molecule has 49 heavy (non-hydrogen) atoms. The second-order valence-electron chi connectivity index (χ2n) is 13.2. The molecule has 1 aromatic heterocycles. The number of nitrogens with zero attached hydrogens (tertiary/aromatic N) is 1. The fourth-order valence-corrected chi connectivity index (χ4v) is 7.63. The Labute approximate surface area is 295 Å². The van der Waals surface area contributed by atoms with Gasteiger partial charge in [-0.05, 0) is 92.5 Å². The lowest BCUT2D eigenvalue weighted by atomic mass is 9.82. The van der Waals surface area contributed by atoms with Crippen molar-refractivity contribution in [3.63, 3.8) is 0 Å². The molecular formula is C47H33NO. The van der Waals surface area contributed by atoms with E-state index in [4.69, 9.17) is 14.0 Å². The van der Waals surface area contributed by atoms with Gasteiger partial charge in [0.25, 0.3) is 0 Å². The molecule has 0 bridgehead atoms. The van der Waals surface area contributed by atoms with Gasteiger partial charge in [-0.2, -0.15) is 0 Å². The molecular weight excluding hydrogens is 595 g/mol. The number of benzene rings is 8. The first-order valence-electron chi connectivity index (χ1n) is 19.9. The van der Waals surface area contributed by atoms with Gasteiger partial charge in [-0.3, -0.25) is 0 Å². The number of hydrogen-bond acceptors (Lipinski definition) is 2. The normalized spacial score (nSPS) is 15.3. The van der Waals surface area contributed by atoms with Crippen molar-refractivity contribution in [2.45, 2.75) is 19.3 Å². The van der Waals surface area contributed by atoms with Crippen LogP contribution in [0.1, 0.15) is 34.6 Å². The van der Waals surface area contributed by atoms with Crippen molar-refractivity contribution in [1.82, 2.24) is 0 Å². The largest absolute Gasteiger partial charge is 0.455 e. The highest BCUT2D eigenvalue weighted by molar-refractivity contribution is 6.18. The first-order chi connectivity index (χ1) is 27.0. The maximum absolute atomic E-state index is 9.04. The molecule has 1 aliphatic carbocycles. The summed E-state index contributed by atoms with van der Waals surface area (Å²) in [5.41, 5.74) is 9.51. The molecule has 0 unspecified atom stereocenters. The first-order valence-corrected chi connectivity index (χ1v) is 16.4. The molecule has 2 nitrogen and oxygen atoms in total. The fourth-order valence-electron chi connectivity index (χ4n) is 7.63. The summed E-state index contributed by atoms with van der Waals surface area (Å²) in [6.45, 7) is 4.52. The van der Waals surface area contributed by atoms with Gasteiger partial charge in [-0.25, -0.2) is 0 Å². The molecule has 0 spiro atoms. The predicted octanol–water partition coefficient (Wildman–Crippen LogP) is 13.3. The van der Waals surface area contributed by atoms with Crippen LogP contribution in [0.5, 0.6) is 0 Å². The van der Waals surface area contributed by atoms with Crippen molar-refractivity contribution in [3.05, 3.63) is 175 Å². The number of para-hydroxylation sites is 1. The minimum Gasteiger partial charge on any atom is -0.455 e. The van der Waals surface area contributed by atoms with E-state index in [-0.39, 0.29) is 45.9 Å². The van der Waals surface area contributed by atoms with Crippen molar-refractivity contribution in [1.29, 1.82) is 0 Å². The lowest BCUT2D eigenvalue weighted by Gasteiger charge is -2.28. The number of furan rings is 1. The van der Waals surface area contributed by atoms with Gasteiger partial charge < -0.3 is 9.32 Å². The third kappa shape index (κ3) is 4.20. The maximum Gasteiger partial charge on any atom is 0.143 e. The topological polar surface area (TPSA) is 16.4 Å². The number of anilines is 3. The molecule has 9 aromatic rings. The Morgan fingerprint density at radius 2 is 1.24 bits per heavy atom. The monoisotopic (exact) mass is 634 g/mol. The Balaban J connectivity index is 1.11. The van der Waals surface area contributed by atoms with Crippen molar-refractivity contribution < 1.29 is 14.0 Å². The van der Waals surface area contributed by atoms with Gasteiger partial charge in [-0.1, -0.05) is 129 Å². The molecule has 0 N–H and O–H groups in total. The van der Waals surface area contributed by atoms with E-state index in [1.54, 1.807) is 0 Å². The number of rotatable bonds is 4. The van der Waals surface area contributed by atoms with Crippen LogP contribution in [-0.2, 0) is 5.41 Å². The SMILES string of the molecule is [2H]c1c([2H])c([2H])c2c([2H])c(-c3ccc(N(c4ccccc4)c4ccc5c(c4)C(C)(C)c4ccc6c(oc7c8ccccc8ccc67)c4-5)cc3)c([2H])c([2H])c2c1[2H]. The van der Waals surface area contributed by atoms with E-state index in [2.05, 4.69) is 85.5 Å². The number of hydrogen-bond donors (Lipinski definition) is 0. The zero-order valence-corrected chi connectivity index (χ0v) is 26.9. The molecule has 0 radical (unpaired) electrons. The molecule has 0 saturated carbocycles. The lowest BCUT2D eigenvalue weighted by Crippen LogP contribution is -2.16. The van der Waals surface area contributed by atoms with Crippen LogP contribution in [0.2, 0.25) is 0 Å². The molecule has 232 valence electrons. The van der Waals surface area contributed by atoms with E-state index in [0.717, 1.165) is 60.9 Å². The zero-order valence-electron chi connectivity index (χ0n) is 33.9. The van der Waals surface area contributed by atoms with Crippen LogP contribution >= 0.6 is 0 Å². The van der Waals surface area contributed by atoms with Gasteiger partial charge in [0.2, 0.25) is 0 Å². The van der Waals surface area contributed by atoms with Crippen molar-refractivity contribution in [2.75, 3.05) is 4.90 Å². The van der Waals surface area contributed by atoms with E-state index < -0.39 is 18.1 Å². The summed E-state index contributed by atoms with van der Waals surface area (Å²) in [7, 11) is 0. The average Bonchev–Trinajstić information content (AvgIpc) is 3.71. The first kappa shape index (κ1) is 21.7. The van der Waals surface area contributed by atoms with Crippen LogP contribution < -0.4 is 4.90 Å². The lowest BCUT2D eigenvalue weighted by molar-refractivity contribution is 0.654. The summed E-state index contributed by atoms with van der Waals surface area (Å²) < 4.78 is 66.6. The Morgan fingerprint density at radius 1 is 0.531 bits per heavy atom. The molecule has 1 aliphatic rings. The quantitative estimate of drug-likeness (QED) is 0.191. The highest BCUT2D eigenvalue weighted by Crippen LogP contribution is 2.54.